The Labute approximate surface area is 162 Å². The zero-order chi connectivity index (χ0) is 19.3. The number of rotatable bonds is 6. The van der Waals surface area contributed by atoms with E-state index >= 15 is 0 Å². The van der Waals surface area contributed by atoms with Gasteiger partial charge in [0.25, 0.3) is 0 Å². The van der Waals surface area contributed by atoms with Crippen molar-refractivity contribution in [1.82, 2.24) is 14.9 Å². The maximum absolute atomic E-state index is 5.39. The van der Waals surface area contributed by atoms with Crippen LogP contribution >= 0.6 is 0 Å². The van der Waals surface area contributed by atoms with Gasteiger partial charge in [-0.15, -0.1) is 0 Å². The first-order valence-corrected chi connectivity index (χ1v) is 9.67. The van der Waals surface area contributed by atoms with Crippen molar-refractivity contribution in [1.29, 1.82) is 0 Å². The third-order valence-electron chi connectivity index (χ3n) is 4.70. The van der Waals surface area contributed by atoms with Gasteiger partial charge in [0.2, 0.25) is 0 Å². The van der Waals surface area contributed by atoms with Crippen molar-refractivity contribution in [3.63, 3.8) is 0 Å². The lowest BCUT2D eigenvalue weighted by molar-refractivity contribution is 0.0398. The van der Waals surface area contributed by atoms with Gasteiger partial charge in [0.1, 0.15) is 17.5 Å². The van der Waals surface area contributed by atoms with Crippen LogP contribution in [0.25, 0.3) is 0 Å². The number of nitrogens with one attached hydrogen (secondary N) is 2. The first-order chi connectivity index (χ1) is 12.9. The molecule has 0 atom stereocenters. The van der Waals surface area contributed by atoms with Crippen LogP contribution in [0.5, 0.6) is 0 Å². The van der Waals surface area contributed by atoms with Crippen molar-refractivity contribution in [3.05, 3.63) is 41.7 Å². The third kappa shape index (κ3) is 5.91. The van der Waals surface area contributed by atoms with Gasteiger partial charge in [-0.25, -0.2) is 9.97 Å². The summed E-state index contributed by atoms with van der Waals surface area (Å²) in [5.41, 5.74) is 2.50. The van der Waals surface area contributed by atoms with Gasteiger partial charge in [0.05, 0.1) is 13.2 Å². The molecule has 2 aromatic rings. The zero-order valence-corrected chi connectivity index (χ0v) is 16.9. The minimum Gasteiger partial charge on any atom is -0.379 e. The molecule has 0 spiro atoms. The molecule has 6 nitrogen and oxygen atoms in total. The van der Waals surface area contributed by atoms with Crippen molar-refractivity contribution < 1.29 is 4.74 Å². The minimum absolute atomic E-state index is 0.154. The largest absolute Gasteiger partial charge is 0.379 e. The highest BCUT2D eigenvalue weighted by Crippen LogP contribution is 2.25. The van der Waals surface area contributed by atoms with Gasteiger partial charge in [-0.3, -0.25) is 4.90 Å². The van der Waals surface area contributed by atoms with Crippen molar-refractivity contribution in [3.8, 4) is 0 Å². The van der Waals surface area contributed by atoms with E-state index in [1.54, 1.807) is 0 Å². The van der Waals surface area contributed by atoms with Gasteiger partial charge in [-0.05, 0) is 30.0 Å². The molecule has 0 amide bonds. The summed E-state index contributed by atoms with van der Waals surface area (Å²) in [7, 11) is 0. The first kappa shape index (κ1) is 19.6. The summed E-state index contributed by atoms with van der Waals surface area (Å²) in [4.78, 5) is 11.4. The fourth-order valence-electron chi connectivity index (χ4n) is 3.09. The summed E-state index contributed by atoms with van der Waals surface area (Å²) in [5, 5.41) is 6.80. The van der Waals surface area contributed by atoms with Crippen LogP contribution in [0.3, 0.4) is 0 Å². The molecule has 1 fully saturated rings. The molecule has 27 heavy (non-hydrogen) atoms. The average molecular weight is 370 g/mol. The smallest absolute Gasteiger partial charge is 0.136 e. The Balaban J connectivity index is 1.59. The van der Waals surface area contributed by atoms with Crippen LogP contribution in [0.1, 0.15) is 32.2 Å². The van der Waals surface area contributed by atoms with E-state index in [-0.39, 0.29) is 5.41 Å². The molecular formula is C21H31N5O. The molecule has 0 unspecified atom stereocenters. The minimum atomic E-state index is 0.154. The number of ether oxygens (including phenoxy) is 1. The Morgan fingerprint density at radius 3 is 2.37 bits per heavy atom. The summed E-state index contributed by atoms with van der Waals surface area (Å²) in [6.45, 7) is 14.1. The van der Waals surface area contributed by atoms with Crippen molar-refractivity contribution in [2.24, 2.45) is 0 Å². The van der Waals surface area contributed by atoms with Crippen molar-refractivity contribution in [2.45, 2.75) is 33.1 Å². The van der Waals surface area contributed by atoms with Gasteiger partial charge in [-0.2, -0.15) is 0 Å². The standard InChI is InChI=1S/C21H31N5O/c1-16-23-19(22-9-10-26-11-13-27-14-12-26)15-20(24-16)25-18-7-5-17(6-8-18)21(2,3)4/h5-8,15H,9-14H2,1-4H3,(H2,22,23,24,25). The molecule has 2 N–H and O–H groups in total. The van der Waals surface area contributed by atoms with E-state index in [2.05, 4.69) is 70.5 Å². The van der Waals surface area contributed by atoms with Gasteiger partial charge in [0, 0.05) is 37.9 Å². The van der Waals surface area contributed by atoms with E-state index in [1.807, 2.05) is 13.0 Å². The predicted octanol–water partition coefficient (Wildman–Crippen LogP) is 3.57. The second kappa shape index (κ2) is 8.67. The summed E-state index contributed by atoms with van der Waals surface area (Å²) < 4.78 is 5.39. The zero-order valence-electron chi connectivity index (χ0n) is 16.9. The normalized spacial score (nSPS) is 15.6. The van der Waals surface area contributed by atoms with Crippen LogP contribution in [0.2, 0.25) is 0 Å². The Morgan fingerprint density at radius 1 is 1.04 bits per heavy atom. The van der Waals surface area contributed by atoms with Crippen molar-refractivity contribution in [2.75, 3.05) is 50.0 Å². The van der Waals surface area contributed by atoms with Crippen LogP contribution in [0.15, 0.2) is 30.3 Å². The summed E-state index contributed by atoms with van der Waals surface area (Å²) >= 11 is 0. The summed E-state index contributed by atoms with van der Waals surface area (Å²) in [5.74, 6) is 2.41. The molecule has 0 saturated carbocycles. The Morgan fingerprint density at radius 2 is 1.70 bits per heavy atom. The van der Waals surface area contributed by atoms with Gasteiger partial charge < -0.3 is 15.4 Å². The number of hydrogen-bond acceptors (Lipinski definition) is 6. The molecular weight excluding hydrogens is 338 g/mol. The Hall–Kier alpha value is -2.18. The predicted molar refractivity (Wildman–Crippen MR) is 111 cm³/mol. The fourth-order valence-corrected chi connectivity index (χ4v) is 3.09. The lowest BCUT2D eigenvalue weighted by Gasteiger charge is -2.26. The monoisotopic (exact) mass is 369 g/mol. The van der Waals surface area contributed by atoms with Crippen LogP contribution in [-0.4, -0.2) is 54.3 Å². The number of benzene rings is 1. The molecule has 146 valence electrons. The molecule has 1 aliphatic heterocycles. The average Bonchev–Trinajstić information content (AvgIpc) is 2.62. The molecule has 3 rings (SSSR count). The van der Waals surface area contributed by atoms with Crippen LogP contribution < -0.4 is 10.6 Å². The highest BCUT2D eigenvalue weighted by atomic mass is 16.5. The lowest BCUT2D eigenvalue weighted by Crippen LogP contribution is -2.39. The number of nitrogens with zero attached hydrogens (tertiary/aromatic N) is 3. The number of anilines is 3. The Bertz CT molecular complexity index is 733. The molecule has 6 heteroatoms. The second-order valence-electron chi connectivity index (χ2n) is 8.02. The molecule has 2 heterocycles. The topological polar surface area (TPSA) is 62.3 Å². The summed E-state index contributed by atoms with van der Waals surface area (Å²) in [6.07, 6.45) is 0. The fraction of sp³-hybridized carbons (Fsp3) is 0.524. The number of morpholine rings is 1. The van der Waals surface area contributed by atoms with Gasteiger partial charge in [-0.1, -0.05) is 32.9 Å². The van der Waals surface area contributed by atoms with E-state index in [0.717, 1.165) is 62.5 Å². The van der Waals surface area contributed by atoms with Gasteiger partial charge >= 0.3 is 0 Å². The van der Waals surface area contributed by atoms with E-state index in [4.69, 9.17) is 4.74 Å². The van der Waals surface area contributed by atoms with Crippen LogP contribution in [0.4, 0.5) is 17.3 Å². The molecule has 0 aliphatic carbocycles. The lowest BCUT2D eigenvalue weighted by atomic mass is 9.87. The molecule has 0 radical (unpaired) electrons. The van der Waals surface area contributed by atoms with E-state index < -0.39 is 0 Å². The Kier molecular flexibility index (Phi) is 6.29. The molecule has 1 saturated heterocycles. The van der Waals surface area contributed by atoms with E-state index in [0.29, 0.717) is 0 Å². The molecule has 1 aromatic heterocycles. The molecule has 1 aliphatic rings. The maximum Gasteiger partial charge on any atom is 0.136 e. The van der Waals surface area contributed by atoms with Gasteiger partial charge in [0.15, 0.2) is 0 Å². The highest BCUT2D eigenvalue weighted by molar-refractivity contribution is 5.59. The highest BCUT2D eigenvalue weighted by Gasteiger charge is 2.13. The van der Waals surface area contributed by atoms with Crippen LogP contribution in [0, 0.1) is 6.92 Å². The maximum atomic E-state index is 5.39. The first-order valence-electron chi connectivity index (χ1n) is 9.67. The number of aryl methyl sites for hydroxylation is 1. The number of hydrogen-bond donors (Lipinski definition) is 2. The number of aromatic nitrogens is 2. The SMILES string of the molecule is Cc1nc(NCCN2CCOCC2)cc(Nc2ccc(C(C)(C)C)cc2)n1. The molecule has 1 aromatic carbocycles. The van der Waals surface area contributed by atoms with Crippen molar-refractivity contribution >= 4 is 17.3 Å². The third-order valence-corrected chi connectivity index (χ3v) is 4.70. The van der Waals surface area contributed by atoms with E-state index in [9.17, 15) is 0 Å². The van der Waals surface area contributed by atoms with Crippen LogP contribution in [-0.2, 0) is 10.2 Å². The quantitative estimate of drug-likeness (QED) is 0.812. The molecule has 0 bridgehead atoms. The van der Waals surface area contributed by atoms with E-state index in [1.165, 1.54) is 5.56 Å². The summed E-state index contributed by atoms with van der Waals surface area (Å²) in [6, 6.07) is 10.5. The second-order valence-corrected chi connectivity index (χ2v) is 8.02.